The highest BCUT2D eigenvalue weighted by Gasteiger charge is 2.04. The molecule has 0 bridgehead atoms. The number of fused-ring (bicyclic) bond motifs is 1. The van der Waals surface area contributed by atoms with E-state index < -0.39 is 0 Å². The van der Waals surface area contributed by atoms with Crippen molar-refractivity contribution < 1.29 is 0 Å². The molecule has 0 aliphatic rings. The number of nitrogens with zero attached hydrogens (tertiary/aromatic N) is 1. The van der Waals surface area contributed by atoms with Crippen molar-refractivity contribution in [1.82, 2.24) is 4.90 Å². The molecule has 16 heavy (non-hydrogen) atoms. The summed E-state index contributed by atoms with van der Waals surface area (Å²) in [6, 6.07) is 12.8. The molecule has 0 aromatic heterocycles. The molecule has 0 saturated heterocycles. The molecule has 0 saturated carbocycles. The van der Waals surface area contributed by atoms with Gasteiger partial charge in [0.25, 0.3) is 0 Å². The molecule has 0 radical (unpaired) electrons. The number of hydrogen-bond donors (Lipinski definition) is 1. The number of rotatable bonds is 3. The van der Waals surface area contributed by atoms with Gasteiger partial charge in [0.2, 0.25) is 0 Å². The average Bonchev–Trinajstić information content (AvgIpc) is 2.28. The summed E-state index contributed by atoms with van der Waals surface area (Å²) in [5.41, 5.74) is 1.33. The van der Waals surface area contributed by atoms with E-state index >= 15 is 0 Å². The van der Waals surface area contributed by atoms with E-state index in [9.17, 15) is 0 Å². The van der Waals surface area contributed by atoms with Crippen LogP contribution in [0, 0.1) is 0 Å². The third-order valence-corrected chi connectivity index (χ3v) is 3.34. The number of thiol groups is 1. The predicted octanol–water partition coefficient (Wildman–Crippen LogP) is 3.23. The minimum absolute atomic E-state index is 1.05. The van der Waals surface area contributed by atoms with Crippen molar-refractivity contribution in [2.75, 3.05) is 20.6 Å². The van der Waals surface area contributed by atoms with Crippen molar-refractivity contribution in [2.24, 2.45) is 0 Å². The van der Waals surface area contributed by atoms with Crippen LogP contribution in [0.4, 0.5) is 0 Å². The summed E-state index contributed by atoms with van der Waals surface area (Å²) in [5.74, 6) is 0. The highest BCUT2D eigenvalue weighted by molar-refractivity contribution is 7.80. The van der Waals surface area contributed by atoms with Gasteiger partial charge in [-0.2, -0.15) is 0 Å². The van der Waals surface area contributed by atoms with Gasteiger partial charge in [-0.05, 0) is 36.9 Å². The van der Waals surface area contributed by atoms with Gasteiger partial charge in [-0.1, -0.05) is 36.4 Å². The van der Waals surface area contributed by atoms with Crippen LogP contribution in [0.2, 0.25) is 0 Å². The van der Waals surface area contributed by atoms with E-state index in [0.717, 1.165) is 17.9 Å². The lowest BCUT2D eigenvalue weighted by molar-refractivity contribution is 0.413. The van der Waals surface area contributed by atoms with Crippen LogP contribution in [0.1, 0.15) is 5.56 Å². The first-order valence-electron chi connectivity index (χ1n) is 5.53. The topological polar surface area (TPSA) is 3.24 Å². The lowest BCUT2D eigenvalue weighted by atomic mass is 10.0. The average molecular weight is 231 g/mol. The smallest absolute Gasteiger partial charge is 0.0151 e. The third kappa shape index (κ3) is 2.39. The van der Waals surface area contributed by atoms with Crippen LogP contribution < -0.4 is 0 Å². The van der Waals surface area contributed by atoms with Gasteiger partial charge >= 0.3 is 0 Å². The Bertz CT molecular complexity index is 491. The minimum atomic E-state index is 1.05. The number of hydrogen-bond acceptors (Lipinski definition) is 2. The van der Waals surface area contributed by atoms with Crippen molar-refractivity contribution in [3.63, 3.8) is 0 Å². The predicted molar refractivity (Wildman–Crippen MR) is 73.5 cm³/mol. The summed E-state index contributed by atoms with van der Waals surface area (Å²) in [5, 5.41) is 2.52. The van der Waals surface area contributed by atoms with E-state index in [0.29, 0.717) is 0 Å². The second-order valence-electron chi connectivity index (χ2n) is 4.35. The van der Waals surface area contributed by atoms with E-state index in [1.807, 2.05) is 0 Å². The van der Waals surface area contributed by atoms with E-state index in [4.69, 9.17) is 0 Å². The minimum Gasteiger partial charge on any atom is -0.309 e. The molecule has 0 aliphatic carbocycles. The van der Waals surface area contributed by atoms with E-state index in [1.54, 1.807) is 0 Å². The molecule has 0 N–H and O–H groups in total. The number of likely N-dealkylation sites (N-methyl/N-ethyl adjacent to an activating group) is 1. The zero-order chi connectivity index (χ0) is 11.5. The Balaban J connectivity index is 2.37. The molecule has 0 unspecified atom stereocenters. The molecular formula is C14H17NS. The first-order chi connectivity index (χ1) is 7.68. The third-order valence-electron chi connectivity index (χ3n) is 2.81. The highest BCUT2D eigenvalue weighted by atomic mass is 32.1. The lowest BCUT2D eigenvalue weighted by Crippen LogP contribution is -2.15. The first-order valence-corrected chi connectivity index (χ1v) is 5.97. The molecule has 0 atom stereocenters. The van der Waals surface area contributed by atoms with Gasteiger partial charge in [-0.15, -0.1) is 12.6 Å². The van der Waals surface area contributed by atoms with Crippen LogP contribution in [-0.4, -0.2) is 25.5 Å². The van der Waals surface area contributed by atoms with E-state index in [-0.39, 0.29) is 0 Å². The zero-order valence-electron chi connectivity index (χ0n) is 9.77. The maximum atomic E-state index is 4.65. The normalized spacial score (nSPS) is 11.2. The maximum Gasteiger partial charge on any atom is 0.0151 e. The van der Waals surface area contributed by atoms with Gasteiger partial charge in [-0.3, -0.25) is 0 Å². The van der Waals surface area contributed by atoms with Crippen molar-refractivity contribution in [2.45, 2.75) is 11.3 Å². The second-order valence-corrected chi connectivity index (χ2v) is 4.79. The molecule has 0 aliphatic heterocycles. The molecule has 2 aromatic carbocycles. The Kier molecular flexibility index (Phi) is 3.52. The van der Waals surface area contributed by atoms with E-state index in [1.165, 1.54) is 16.3 Å². The summed E-state index contributed by atoms with van der Waals surface area (Å²) in [6.07, 6.45) is 1.05. The van der Waals surface area contributed by atoms with Crippen molar-refractivity contribution in [1.29, 1.82) is 0 Å². The Hall–Kier alpha value is -0.990. The Morgan fingerprint density at radius 2 is 1.81 bits per heavy atom. The molecule has 2 heteroatoms. The van der Waals surface area contributed by atoms with Crippen LogP contribution in [0.25, 0.3) is 10.8 Å². The van der Waals surface area contributed by atoms with Crippen molar-refractivity contribution in [3.05, 3.63) is 42.0 Å². The van der Waals surface area contributed by atoms with Gasteiger partial charge in [0.05, 0.1) is 0 Å². The lowest BCUT2D eigenvalue weighted by Gasteiger charge is -2.12. The fourth-order valence-corrected chi connectivity index (χ4v) is 2.24. The summed E-state index contributed by atoms with van der Waals surface area (Å²) >= 11 is 4.65. The molecule has 0 fully saturated rings. The maximum absolute atomic E-state index is 4.65. The molecule has 84 valence electrons. The Morgan fingerprint density at radius 1 is 1.06 bits per heavy atom. The summed E-state index contributed by atoms with van der Waals surface area (Å²) < 4.78 is 0. The summed E-state index contributed by atoms with van der Waals surface area (Å²) in [7, 11) is 4.19. The first kappa shape index (κ1) is 11.5. The van der Waals surface area contributed by atoms with Gasteiger partial charge in [0, 0.05) is 11.4 Å². The Morgan fingerprint density at radius 3 is 2.56 bits per heavy atom. The van der Waals surface area contributed by atoms with Gasteiger partial charge < -0.3 is 4.90 Å². The SMILES string of the molecule is CN(C)CCc1ccc2ccccc2c1S. The van der Waals surface area contributed by atoms with Crippen molar-refractivity contribution >= 4 is 23.4 Å². The van der Waals surface area contributed by atoms with Crippen molar-refractivity contribution in [3.8, 4) is 0 Å². The zero-order valence-corrected chi connectivity index (χ0v) is 10.7. The van der Waals surface area contributed by atoms with Gasteiger partial charge in [0.15, 0.2) is 0 Å². The van der Waals surface area contributed by atoms with Crippen LogP contribution in [-0.2, 0) is 6.42 Å². The molecule has 0 amide bonds. The van der Waals surface area contributed by atoms with Gasteiger partial charge in [-0.25, -0.2) is 0 Å². The molecule has 1 nitrogen and oxygen atoms in total. The number of benzene rings is 2. The fraction of sp³-hybridized carbons (Fsp3) is 0.286. The highest BCUT2D eigenvalue weighted by Crippen LogP contribution is 2.25. The quantitative estimate of drug-likeness (QED) is 0.794. The van der Waals surface area contributed by atoms with Crippen LogP contribution in [0.5, 0.6) is 0 Å². The van der Waals surface area contributed by atoms with Gasteiger partial charge in [0.1, 0.15) is 0 Å². The molecule has 0 heterocycles. The van der Waals surface area contributed by atoms with Crippen LogP contribution in [0.3, 0.4) is 0 Å². The second kappa shape index (κ2) is 4.89. The largest absolute Gasteiger partial charge is 0.309 e. The van der Waals surface area contributed by atoms with Crippen LogP contribution in [0.15, 0.2) is 41.3 Å². The molecular weight excluding hydrogens is 214 g/mol. The van der Waals surface area contributed by atoms with Crippen LogP contribution >= 0.6 is 12.6 Å². The Labute approximate surface area is 102 Å². The molecule has 2 rings (SSSR count). The molecule has 0 spiro atoms. The molecule has 2 aromatic rings. The monoisotopic (exact) mass is 231 g/mol. The fourth-order valence-electron chi connectivity index (χ4n) is 1.85. The standard InChI is InChI=1S/C14H17NS/c1-15(2)10-9-12-8-7-11-5-3-4-6-13(11)14(12)16/h3-8,16H,9-10H2,1-2H3. The summed E-state index contributed by atoms with van der Waals surface area (Å²) in [4.78, 5) is 3.32. The summed E-state index contributed by atoms with van der Waals surface area (Å²) in [6.45, 7) is 1.06. The van der Waals surface area contributed by atoms with E-state index in [2.05, 4.69) is 68.0 Å².